The van der Waals surface area contributed by atoms with Crippen LogP contribution in [0.25, 0.3) is 0 Å². The van der Waals surface area contributed by atoms with Crippen LogP contribution in [0.4, 0.5) is 0 Å². The van der Waals surface area contributed by atoms with E-state index in [2.05, 4.69) is 54.2 Å². The van der Waals surface area contributed by atoms with Crippen LogP contribution in [0.2, 0.25) is 0 Å². The number of hydrogen-bond donors (Lipinski definition) is 0. The van der Waals surface area contributed by atoms with E-state index in [4.69, 9.17) is 0 Å². The first kappa shape index (κ1) is 15.7. The zero-order valence-corrected chi connectivity index (χ0v) is 12.3. The summed E-state index contributed by atoms with van der Waals surface area (Å²) in [6.07, 6.45) is 6.15. The monoisotopic (exact) mass is 224 g/mol. The third-order valence-electron chi connectivity index (χ3n) is 4.28. The highest BCUT2D eigenvalue weighted by molar-refractivity contribution is 4.81. The molecule has 96 valence electrons. The van der Waals surface area contributed by atoms with Gasteiger partial charge in [-0.15, -0.1) is 6.58 Å². The van der Waals surface area contributed by atoms with Crippen LogP contribution in [0.3, 0.4) is 0 Å². The van der Waals surface area contributed by atoms with E-state index in [1.54, 1.807) is 0 Å². The molecule has 0 bridgehead atoms. The molecule has 0 heterocycles. The van der Waals surface area contributed by atoms with Crippen LogP contribution in [-0.4, -0.2) is 0 Å². The van der Waals surface area contributed by atoms with Crippen molar-refractivity contribution in [1.82, 2.24) is 0 Å². The van der Waals surface area contributed by atoms with Crippen molar-refractivity contribution in [2.45, 2.75) is 60.8 Å². The van der Waals surface area contributed by atoms with Gasteiger partial charge in [-0.1, -0.05) is 47.6 Å². The highest BCUT2D eigenvalue weighted by Gasteiger charge is 2.15. The van der Waals surface area contributed by atoms with Gasteiger partial charge < -0.3 is 0 Å². The highest BCUT2D eigenvalue weighted by Crippen LogP contribution is 2.26. The largest absolute Gasteiger partial charge is 0.103 e. The standard InChI is InChI=1S/C16H32/c1-8-16(11-15(7)13(4)5)10-9-14(6)12(2)3/h8,12-16H,1,9-11H2,2-7H3. The van der Waals surface area contributed by atoms with Crippen LogP contribution in [0, 0.1) is 29.6 Å². The molecule has 0 fully saturated rings. The van der Waals surface area contributed by atoms with Crippen LogP contribution in [0.5, 0.6) is 0 Å². The van der Waals surface area contributed by atoms with Crippen molar-refractivity contribution in [3.63, 3.8) is 0 Å². The maximum Gasteiger partial charge on any atom is -0.0233 e. The fourth-order valence-electron chi connectivity index (χ4n) is 1.89. The zero-order chi connectivity index (χ0) is 12.7. The molecular weight excluding hydrogens is 192 g/mol. The third-order valence-corrected chi connectivity index (χ3v) is 4.28. The average Bonchev–Trinajstić information content (AvgIpc) is 2.22. The molecule has 0 N–H and O–H groups in total. The van der Waals surface area contributed by atoms with Crippen molar-refractivity contribution in [2.75, 3.05) is 0 Å². The lowest BCUT2D eigenvalue weighted by Gasteiger charge is -2.23. The van der Waals surface area contributed by atoms with Gasteiger partial charge in [0, 0.05) is 0 Å². The molecule has 0 radical (unpaired) electrons. The summed E-state index contributed by atoms with van der Waals surface area (Å²) in [5, 5.41) is 0. The SMILES string of the molecule is C=CC(CCC(C)C(C)C)CC(C)C(C)C. The van der Waals surface area contributed by atoms with Gasteiger partial charge in [-0.2, -0.15) is 0 Å². The van der Waals surface area contributed by atoms with E-state index in [1.807, 2.05) is 0 Å². The summed E-state index contributed by atoms with van der Waals surface area (Å²) >= 11 is 0. The number of rotatable bonds is 8. The maximum atomic E-state index is 4.00. The topological polar surface area (TPSA) is 0 Å². The molecule has 0 aromatic rings. The molecule has 0 aromatic carbocycles. The molecule has 16 heavy (non-hydrogen) atoms. The van der Waals surface area contributed by atoms with Crippen molar-refractivity contribution < 1.29 is 0 Å². The minimum Gasteiger partial charge on any atom is -0.103 e. The predicted octanol–water partition coefficient (Wildman–Crippen LogP) is 5.54. The summed E-state index contributed by atoms with van der Waals surface area (Å²) in [6.45, 7) is 18.0. The second-order valence-corrected chi connectivity index (χ2v) is 6.25. The Morgan fingerprint density at radius 1 is 0.812 bits per heavy atom. The quantitative estimate of drug-likeness (QED) is 0.475. The van der Waals surface area contributed by atoms with E-state index in [1.165, 1.54) is 19.3 Å². The summed E-state index contributed by atoms with van der Waals surface area (Å²) in [4.78, 5) is 0. The lowest BCUT2D eigenvalue weighted by atomic mass is 9.83. The molecule has 0 amide bonds. The predicted molar refractivity (Wildman–Crippen MR) is 75.5 cm³/mol. The van der Waals surface area contributed by atoms with Gasteiger partial charge in [0.1, 0.15) is 0 Å². The first-order valence-electron chi connectivity index (χ1n) is 7.01. The Kier molecular flexibility index (Phi) is 7.80. The van der Waals surface area contributed by atoms with E-state index in [9.17, 15) is 0 Å². The van der Waals surface area contributed by atoms with Crippen molar-refractivity contribution in [1.29, 1.82) is 0 Å². The molecule has 3 atom stereocenters. The highest BCUT2D eigenvalue weighted by atomic mass is 14.2. The van der Waals surface area contributed by atoms with E-state index in [0.29, 0.717) is 0 Å². The lowest BCUT2D eigenvalue weighted by molar-refractivity contribution is 0.307. The van der Waals surface area contributed by atoms with Crippen LogP contribution >= 0.6 is 0 Å². The summed E-state index contributed by atoms with van der Waals surface area (Å²) in [7, 11) is 0. The molecule has 0 spiro atoms. The van der Waals surface area contributed by atoms with Crippen LogP contribution in [-0.2, 0) is 0 Å². The molecule has 0 aromatic heterocycles. The van der Waals surface area contributed by atoms with Gasteiger partial charge in [-0.3, -0.25) is 0 Å². The lowest BCUT2D eigenvalue weighted by Crippen LogP contribution is -2.12. The zero-order valence-electron chi connectivity index (χ0n) is 12.3. The summed E-state index contributed by atoms with van der Waals surface area (Å²) < 4.78 is 0. The Morgan fingerprint density at radius 3 is 1.69 bits per heavy atom. The van der Waals surface area contributed by atoms with E-state index >= 15 is 0 Å². The molecule has 0 saturated carbocycles. The summed E-state index contributed by atoms with van der Waals surface area (Å²) in [5.41, 5.74) is 0. The molecule has 0 aliphatic carbocycles. The Labute approximate surface area is 104 Å². The Bertz CT molecular complexity index is 178. The summed E-state index contributed by atoms with van der Waals surface area (Å²) in [6, 6.07) is 0. The molecule has 0 aliphatic heterocycles. The molecule has 0 saturated heterocycles. The van der Waals surface area contributed by atoms with Gasteiger partial charge in [0.05, 0.1) is 0 Å². The van der Waals surface area contributed by atoms with Crippen LogP contribution in [0.1, 0.15) is 60.8 Å². The second-order valence-electron chi connectivity index (χ2n) is 6.25. The molecular formula is C16H32. The van der Waals surface area contributed by atoms with E-state index < -0.39 is 0 Å². The first-order chi connectivity index (χ1) is 7.38. The Morgan fingerprint density at radius 2 is 1.31 bits per heavy atom. The van der Waals surface area contributed by atoms with Crippen molar-refractivity contribution in [3.05, 3.63) is 12.7 Å². The van der Waals surface area contributed by atoms with Gasteiger partial charge in [0.2, 0.25) is 0 Å². The normalized spacial score (nSPS) is 17.5. The first-order valence-corrected chi connectivity index (χ1v) is 7.01. The minimum atomic E-state index is 0.721. The fraction of sp³-hybridized carbons (Fsp3) is 0.875. The maximum absolute atomic E-state index is 4.00. The molecule has 0 rings (SSSR count). The average molecular weight is 224 g/mol. The smallest absolute Gasteiger partial charge is 0.0233 e. The Balaban J connectivity index is 3.97. The minimum absolute atomic E-state index is 0.721. The van der Waals surface area contributed by atoms with Crippen LogP contribution < -0.4 is 0 Å². The summed E-state index contributed by atoms with van der Waals surface area (Å²) in [5.74, 6) is 3.99. The van der Waals surface area contributed by atoms with Crippen molar-refractivity contribution in [2.24, 2.45) is 29.6 Å². The molecule has 0 nitrogen and oxygen atoms in total. The number of hydrogen-bond acceptors (Lipinski definition) is 0. The van der Waals surface area contributed by atoms with Gasteiger partial charge >= 0.3 is 0 Å². The van der Waals surface area contributed by atoms with E-state index in [0.717, 1.165) is 29.6 Å². The van der Waals surface area contributed by atoms with Gasteiger partial charge in [0.15, 0.2) is 0 Å². The molecule has 0 heteroatoms. The van der Waals surface area contributed by atoms with E-state index in [-0.39, 0.29) is 0 Å². The third kappa shape index (κ3) is 6.35. The van der Waals surface area contributed by atoms with Gasteiger partial charge in [-0.05, 0) is 48.9 Å². The second kappa shape index (κ2) is 7.92. The van der Waals surface area contributed by atoms with Crippen molar-refractivity contribution in [3.8, 4) is 0 Å². The van der Waals surface area contributed by atoms with Crippen molar-refractivity contribution >= 4 is 0 Å². The molecule has 3 unspecified atom stereocenters. The van der Waals surface area contributed by atoms with Gasteiger partial charge in [-0.25, -0.2) is 0 Å². The fourth-order valence-corrected chi connectivity index (χ4v) is 1.89. The number of allylic oxidation sites excluding steroid dienone is 1. The Hall–Kier alpha value is -0.260. The van der Waals surface area contributed by atoms with Crippen LogP contribution in [0.15, 0.2) is 12.7 Å². The van der Waals surface area contributed by atoms with Gasteiger partial charge in [0.25, 0.3) is 0 Å². The molecule has 0 aliphatic rings.